The molecule has 6 nitrogen and oxygen atoms in total. The standard InChI is InChI=1S/C18H18N4O2/c1-2-12-5-7-13(8-6-12)15-10-16(23)21-18(20-15)22-17(24)14-4-3-9-19-11-14/h3-9,11,15H,2,10H2,1H3,(H2,20,21,22,23,24). The lowest BCUT2D eigenvalue weighted by Gasteiger charge is -2.21. The topological polar surface area (TPSA) is 83.5 Å². The van der Waals surface area contributed by atoms with E-state index in [-0.39, 0.29) is 30.2 Å². The zero-order valence-electron chi connectivity index (χ0n) is 13.3. The summed E-state index contributed by atoms with van der Waals surface area (Å²) in [6, 6.07) is 11.0. The fourth-order valence-electron chi connectivity index (χ4n) is 2.50. The van der Waals surface area contributed by atoms with E-state index in [2.05, 4.69) is 27.5 Å². The van der Waals surface area contributed by atoms with Gasteiger partial charge in [0.15, 0.2) is 0 Å². The summed E-state index contributed by atoms with van der Waals surface area (Å²) in [6.45, 7) is 2.09. The van der Waals surface area contributed by atoms with E-state index < -0.39 is 0 Å². The summed E-state index contributed by atoms with van der Waals surface area (Å²) in [6.07, 6.45) is 4.27. The Morgan fingerprint density at radius 1 is 1.29 bits per heavy atom. The lowest BCUT2D eigenvalue weighted by atomic mass is 10.0. The third-order valence-corrected chi connectivity index (χ3v) is 3.85. The Balaban J connectivity index is 1.78. The molecule has 0 spiro atoms. The Bertz CT molecular complexity index is 769. The average molecular weight is 322 g/mol. The molecule has 2 amide bonds. The smallest absolute Gasteiger partial charge is 0.259 e. The maximum Gasteiger partial charge on any atom is 0.259 e. The molecule has 0 aliphatic carbocycles. The fourth-order valence-corrected chi connectivity index (χ4v) is 2.50. The van der Waals surface area contributed by atoms with E-state index in [0.29, 0.717) is 5.56 Å². The number of nitrogens with one attached hydrogen (secondary N) is 2. The van der Waals surface area contributed by atoms with Gasteiger partial charge in [-0.3, -0.25) is 25.2 Å². The lowest BCUT2D eigenvalue weighted by Crippen LogP contribution is -2.47. The molecule has 1 aliphatic heterocycles. The number of aromatic nitrogens is 1. The molecule has 6 heteroatoms. The van der Waals surface area contributed by atoms with Crippen LogP contribution in [0.4, 0.5) is 0 Å². The van der Waals surface area contributed by atoms with Gasteiger partial charge in [0.2, 0.25) is 11.9 Å². The first-order chi connectivity index (χ1) is 11.7. The summed E-state index contributed by atoms with van der Waals surface area (Å²) in [5, 5.41) is 5.23. The number of carbonyl (C=O) groups is 2. The van der Waals surface area contributed by atoms with Crippen LogP contribution < -0.4 is 10.6 Å². The third-order valence-electron chi connectivity index (χ3n) is 3.85. The number of hydrogen-bond acceptors (Lipinski definition) is 4. The minimum Gasteiger partial charge on any atom is -0.296 e. The molecule has 0 fully saturated rings. The molecular formula is C18H18N4O2. The van der Waals surface area contributed by atoms with Gasteiger partial charge in [-0.15, -0.1) is 0 Å². The summed E-state index contributed by atoms with van der Waals surface area (Å²) in [5.41, 5.74) is 2.59. The fraction of sp³-hybridized carbons (Fsp3) is 0.222. The van der Waals surface area contributed by atoms with E-state index in [0.717, 1.165) is 12.0 Å². The quantitative estimate of drug-likeness (QED) is 0.906. The van der Waals surface area contributed by atoms with Crippen molar-refractivity contribution in [3.05, 3.63) is 65.5 Å². The largest absolute Gasteiger partial charge is 0.296 e. The van der Waals surface area contributed by atoms with E-state index >= 15 is 0 Å². The van der Waals surface area contributed by atoms with Crippen molar-refractivity contribution in [1.82, 2.24) is 15.6 Å². The van der Waals surface area contributed by atoms with E-state index in [1.54, 1.807) is 18.3 Å². The van der Waals surface area contributed by atoms with Gasteiger partial charge in [0.25, 0.3) is 5.91 Å². The highest BCUT2D eigenvalue weighted by molar-refractivity contribution is 6.10. The second-order valence-electron chi connectivity index (χ2n) is 5.54. The zero-order chi connectivity index (χ0) is 16.9. The molecule has 1 aromatic carbocycles. The molecule has 24 heavy (non-hydrogen) atoms. The van der Waals surface area contributed by atoms with Crippen molar-refractivity contribution in [1.29, 1.82) is 0 Å². The van der Waals surface area contributed by atoms with Crippen molar-refractivity contribution in [2.75, 3.05) is 0 Å². The lowest BCUT2D eigenvalue weighted by molar-refractivity contribution is -0.120. The van der Waals surface area contributed by atoms with Gasteiger partial charge in [0.1, 0.15) is 0 Å². The maximum absolute atomic E-state index is 12.2. The summed E-state index contributed by atoms with van der Waals surface area (Å²) in [7, 11) is 0. The average Bonchev–Trinajstić information content (AvgIpc) is 2.62. The van der Waals surface area contributed by atoms with Crippen LogP contribution in [0.25, 0.3) is 0 Å². The molecule has 122 valence electrons. The first-order valence-corrected chi connectivity index (χ1v) is 7.83. The predicted molar refractivity (Wildman–Crippen MR) is 90.5 cm³/mol. The van der Waals surface area contributed by atoms with Crippen molar-refractivity contribution < 1.29 is 9.59 Å². The second-order valence-corrected chi connectivity index (χ2v) is 5.54. The number of aryl methyl sites for hydroxylation is 1. The minimum atomic E-state index is -0.357. The van der Waals surface area contributed by atoms with Crippen LogP contribution in [0.3, 0.4) is 0 Å². The number of pyridine rings is 1. The molecule has 1 aromatic heterocycles. The first kappa shape index (κ1) is 15.9. The van der Waals surface area contributed by atoms with Crippen LogP contribution >= 0.6 is 0 Å². The van der Waals surface area contributed by atoms with Crippen LogP contribution in [0, 0.1) is 0 Å². The third kappa shape index (κ3) is 3.65. The Morgan fingerprint density at radius 2 is 2.08 bits per heavy atom. The molecular weight excluding hydrogens is 304 g/mol. The molecule has 1 atom stereocenters. The van der Waals surface area contributed by atoms with Crippen LogP contribution in [0.15, 0.2) is 53.8 Å². The molecule has 2 N–H and O–H groups in total. The monoisotopic (exact) mass is 322 g/mol. The number of carbonyl (C=O) groups excluding carboxylic acids is 2. The first-order valence-electron chi connectivity index (χ1n) is 7.83. The van der Waals surface area contributed by atoms with Gasteiger partial charge in [0.05, 0.1) is 18.0 Å². The normalized spacial score (nSPS) is 17.0. The van der Waals surface area contributed by atoms with E-state index in [1.165, 1.54) is 11.8 Å². The van der Waals surface area contributed by atoms with Crippen LogP contribution in [-0.4, -0.2) is 22.8 Å². The van der Waals surface area contributed by atoms with Gasteiger partial charge in [-0.2, -0.15) is 0 Å². The van der Waals surface area contributed by atoms with Crippen LogP contribution in [0.5, 0.6) is 0 Å². The van der Waals surface area contributed by atoms with Crippen LogP contribution in [-0.2, 0) is 11.2 Å². The molecule has 0 saturated carbocycles. The van der Waals surface area contributed by atoms with E-state index in [9.17, 15) is 9.59 Å². The molecule has 1 aliphatic rings. The van der Waals surface area contributed by atoms with Crippen molar-refractivity contribution in [3.63, 3.8) is 0 Å². The summed E-state index contributed by atoms with van der Waals surface area (Å²) in [5.74, 6) is -0.357. The SMILES string of the molecule is CCc1ccc(C2CC(=O)NC(NC(=O)c3cccnc3)=N2)cc1. The van der Waals surface area contributed by atoms with Gasteiger partial charge in [-0.05, 0) is 29.7 Å². The highest BCUT2D eigenvalue weighted by Crippen LogP contribution is 2.23. The number of rotatable bonds is 3. The van der Waals surface area contributed by atoms with E-state index in [1.807, 2.05) is 24.3 Å². The Hall–Kier alpha value is -3.02. The predicted octanol–water partition coefficient (Wildman–Crippen LogP) is 1.99. The molecule has 2 heterocycles. The van der Waals surface area contributed by atoms with Gasteiger partial charge in [-0.1, -0.05) is 31.2 Å². The zero-order valence-corrected chi connectivity index (χ0v) is 13.3. The molecule has 3 rings (SSSR count). The Morgan fingerprint density at radius 3 is 2.75 bits per heavy atom. The molecule has 0 saturated heterocycles. The number of hydrogen-bond donors (Lipinski definition) is 2. The summed E-state index contributed by atoms with van der Waals surface area (Å²) >= 11 is 0. The molecule has 1 unspecified atom stereocenters. The molecule has 0 radical (unpaired) electrons. The summed E-state index contributed by atoms with van der Waals surface area (Å²) < 4.78 is 0. The van der Waals surface area contributed by atoms with Crippen LogP contribution in [0.2, 0.25) is 0 Å². The van der Waals surface area contributed by atoms with Crippen molar-refractivity contribution in [2.45, 2.75) is 25.8 Å². The summed E-state index contributed by atoms with van der Waals surface area (Å²) in [4.78, 5) is 32.5. The number of guanidine groups is 1. The van der Waals surface area contributed by atoms with Crippen molar-refractivity contribution in [3.8, 4) is 0 Å². The number of benzene rings is 1. The number of amides is 2. The molecule has 2 aromatic rings. The Labute approximate surface area is 140 Å². The van der Waals surface area contributed by atoms with Gasteiger partial charge in [0, 0.05) is 12.4 Å². The second kappa shape index (κ2) is 7.04. The minimum absolute atomic E-state index is 0.170. The van der Waals surface area contributed by atoms with Crippen molar-refractivity contribution in [2.24, 2.45) is 4.99 Å². The molecule has 0 bridgehead atoms. The van der Waals surface area contributed by atoms with E-state index in [4.69, 9.17) is 0 Å². The highest BCUT2D eigenvalue weighted by Gasteiger charge is 2.23. The van der Waals surface area contributed by atoms with Gasteiger partial charge < -0.3 is 0 Å². The maximum atomic E-state index is 12.2. The van der Waals surface area contributed by atoms with Crippen LogP contribution in [0.1, 0.15) is 40.9 Å². The number of nitrogens with zero attached hydrogens (tertiary/aromatic N) is 2. The van der Waals surface area contributed by atoms with Gasteiger partial charge in [-0.25, -0.2) is 4.99 Å². The Kier molecular flexibility index (Phi) is 4.65. The highest BCUT2D eigenvalue weighted by atomic mass is 16.2. The number of aliphatic imine (C=N–C) groups is 1. The van der Waals surface area contributed by atoms with Crippen molar-refractivity contribution >= 4 is 17.8 Å². The van der Waals surface area contributed by atoms with Gasteiger partial charge >= 0.3 is 0 Å².